The molecule has 1 heterocycles. The van der Waals surface area contributed by atoms with Crippen LogP contribution in [-0.2, 0) is 9.47 Å². The molecule has 1 N–H and O–H groups in total. The number of methoxy groups -OCH3 is 1. The highest BCUT2D eigenvalue weighted by Crippen LogP contribution is 2.05. The highest BCUT2D eigenvalue weighted by Gasteiger charge is 1.95. The van der Waals surface area contributed by atoms with Crippen molar-refractivity contribution in [2.45, 2.75) is 6.42 Å². The zero-order chi connectivity index (χ0) is 12.3. The SMILES string of the molecule is COCCOCCCNc1cc(C#N)ccn1. The van der Waals surface area contributed by atoms with E-state index in [-0.39, 0.29) is 0 Å². The Balaban J connectivity index is 2.12. The molecule has 1 rings (SSSR count). The lowest BCUT2D eigenvalue weighted by Gasteiger charge is -2.06. The van der Waals surface area contributed by atoms with Gasteiger partial charge < -0.3 is 14.8 Å². The van der Waals surface area contributed by atoms with Gasteiger partial charge in [-0.15, -0.1) is 0 Å². The second-order valence-corrected chi connectivity index (χ2v) is 3.43. The molecule has 17 heavy (non-hydrogen) atoms. The molecule has 1 aromatic heterocycles. The number of pyridine rings is 1. The van der Waals surface area contributed by atoms with Crippen LogP contribution < -0.4 is 5.32 Å². The van der Waals surface area contributed by atoms with Gasteiger partial charge in [-0.3, -0.25) is 0 Å². The fourth-order valence-electron chi connectivity index (χ4n) is 1.23. The van der Waals surface area contributed by atoms with Crippen molar-refractivity contribution in [1.29, 1.82) is 5.26 Å². The normalized spacial score (nSPS) is 9.88. The van der Waals surface area contributed by atoms with Crippen molar-refractivity contribution in [2.75, 3.05) is 38.8 Å². The molecule has 0 radical (unpaired) electrons. The van der Waals surface area contributed by atoms with Crippen LogP contribution in [0.1, 0.15) is 12.0 Å². The molecule has 0 bridgehead atoms. The number of ether oxygens (including phenoxy) is 2. The Kier molecular flexibility index (Phi) is 6.72. The van der Waals surface area contributed by atoms with E-state index in [1.165, 1.54) is 0 Å². The molecule has 0 aliphatic carbocycles. The second kappa shape index (κ2) is 8.50. The van der Waals surface area contributed by atoms with Crippen LogP contribution in [0.15, 0.2) is 18.3 Å². The van der Waals surface area contributed by atoms with E-state index in [0.717, 1.165) is 18.8 Å². The molecule has 0 aromatic carbocycles. The third kappa shape index (κ3) is 5.85. The maximum Gasteiger partial charge on any atom is 0.127 e. The zero-order valence-electron chi connectivity index (χ0n) is 9.98. The second-order valence-electron chi connectivity index (χ2n) is 3.43. The van der Waals surface area contributed by atoms with E-state index in [0.29, 0.717) is 25.4 Å². The molecule has 0 atom stereocenters. The van der Waals surface area contributed by atoms with Gasteiger partial charge >= 0.3 is 0 Å². The fraction of sp³-hybridized carbons (Fsp3) is 0.500. The van der Waals surface area contributed by atoms with Crippen molar-refractivity contribution in [3.63, 3.8) is 0 Å². The molecule has 92 valence electrons. The quantitative estimate of drug-likeness (QED) is 0.690. The van der Waals surface area contributed by atoms with Crippen molar-refractivity contribution in [2.24, 2.45) is 0 Å². The molecule has 0 fully saturated rings. The number of anilines is 1. The van der Waals surface area contributed by atoms with E-state index >= 15 is 0 Å². The minimum absolute atomic E-state index is 0.610. The number of hydrogen-bond acceptors (Lipinski definition) is 5. The minimum atomic E-state index is 0.610. The summed E-state index contributed by atoms with van der Waals surface area (Å²) < 4.78 is 10.2. The van der Waals surface area contributed by atoms with Gasteiger partial charge in [-0.1, -0.05) is 0 Å². The molecule has 0 amide bonds. The number of nitriles is 1. The van der Waals surface area contributed by atoms with E-state index in [2.05, 4.69) is 16.4 Å². The summed E-state index contributed by atoms with van der Waals surface area (Å²) in [6.07, 6.45) is 2.51. The topological polar surface area (TPSA) is 67.2 Å². The molecule has 0 saturated heterocycles. The Bertz CT molecular complexity index is 363. The molecular weight excluding hydrogens is 218 g/mol. The van der Waals surface area contributed by atoms with Crippen molar-refractivity contribution in [3.8, 4) is 6.07 Å². The first-order chi connectivity index (χ1) is 8.36. The monoisotopic (exact) mass is 235 g/mol. The Hall–Kier alpha value is -1.64. The van der Waals surface area contributed by atoms with E-state index in [1.54, 1.807) is 25.4 Å². The van der Waals surface area contributed by atoms with Crippen molar-refractivity contribution in [3.05, 3.63) is 23.9 Å². The van der Waals surface area contributed by atoms with Crippen LogP contribution in [0.4, 0.5) is 5.82 Å². The smallest absolute Gasteiger partial charge is 0.127 e. The number of nitrogens with zero attached hydrogens (tertiary/aromatic N) is 2. The van der Waals surface area contributed by atoms with Gasteiger partial charge in [-0.2, -0.15) is 5.26 Å². The number of nitrogens with one attached hydrogen (secondary N) is 1. The average molecular weight is 235 g/mol. The Labute approximate surface area is 101 Å². The summed E-state index contributed by atoms with van der Waals surface area (Å²) in [5, 5.41) is 11.9. The largest absolute Gasteiger partial charge is 0.382 e. The lowest BCUT2D eigenvalue weighted by Crippen LogP contribution is -2.09. The van der Waals surface area contributed by atoms with Gasteiger partial charge in [0.25, 0.3) is 0 Å². The molecule has 5 heteroatoms. The van der Waals surface area contributed by atoms with Crippen LogP contribution in [-0.4, -0.2) is 38.5 Å². The van der Waals surface area contributed by atoms with Gasteiger partial charge in [0.2, 0.25) is 0 Å². The Morgan fingerprint density at radius 1 is 1.41 bits per heavy atom. The number of rotatable bonds is 8. The summed E-state index contributed by atoms with van der Waals surface area (Å²) in [5.74, 6) is 0.723. The maximum absolute atomic E-state index is 8.72. The first-order valence-corrected chi connectivity index (χ1v) is 5.53. The minimum Gasteiger partial charge on any atom is -0.382 e. The van der Waals surface area contributed by atoms with Gasteiger partial charge in [0.1, 0.15) is 5.82 Å². The molecule has 0 saturated carbocycles. The third-order valence-corrected chi connectivity index (χ3v) is 2.09. The van der Waals surface area contributed by atoms with Crippen LogP contribution in [0.25, 0.3) is 0 Å². The fourth-order valence-corrected chi connectivity index (χ4v) is 1.23. The van der Waals surface area contributed by atoms with Crippen molar-refractivity contribution in [1.82, 2.24) is 4.98 Å². The predicted octanol–water partition coefficient (Wildman–Crippen LogP) is 1.42. The summed E-state index contributed by atoms with van der Waals surface area (Å²) in [6, 6.07) is 5.48. The first kappa shape index (κ1) is 13.4. The molecule has 0 aliphatic heterocycles. The zero-order valence-corrected chi connectivity index (χ0v) is 9.98. The van der Waals surface area contributed by atoms with Crippen LogP contribution in [0.2, 0.25) is 0 Å². The summed E-state index contributed by atoms with van der Waals surface area (Å²) in [7, 11) is 1.65. The molecule has 0 unspecified atom stereocenters. The van der Waals surface area contributed by atoms with Crippen LogP contribution in [0, 0.1) is 11.3 Å². The van der Waals surface area contributed by atoms with Crippen molar-refractivity contribution >= 4 is 5.82 Å². The summed E-state index contributed by atoms with van der Waals surface area (Å²) in [5.41, 5.74) is 0.610. The highest BCUT2D eigenvalue weighted by atomic mass is 16.5. The number of aromatic nitrogens is 1. The molecule has 0 aliphatic rings. The van der Waals surface area contributed by atoms with Crippen LogP contribution in [0.3, 0.4) is 0 Å². The van der Waals surface area contributed by atoms with E-state index in [4.69, 9.17) is 14.7 Å². The average Bonchev–Trinajstić information content (AvgIpc) is 2.38. The van der Waals surface area contributed by atoms with Gasteiger partial charge in [0.15, 0.2) is 0 Å². The first-order valence-electron chi connectivity index (χ1n) is 5.53. The molecule has 1 aromatic rings. The summed E-state index contributed by atoms with van der Waals surface area (Å²) in [6.45, 7) is 2.71. The standard InChI is InChI=1S/C12H17N3O2/c1-16-7-8-17-6-2-4-14-12-9-11(10-13)3-5-15-12/h3,5,9H,2,4,6-8H2,1H3,(H,14,15). The van der Waals surface area contributed by atoms with Crippen LogP contribution >= 0.6 is 0 Å². The van der Waals surface area contributed by atoms with Gasteiger partial charge in [-0.05, 0) is 18.6 Å². The Morgan fingerprint density at radius 3 is 3.06 bits per heavy atom. The van der Waals surface area contributed by atoms with Gasteiger partial charge in [0.05, 0.1) is 24.8 Å². The van der Waals surface area contributed by atoms with Gasteiger partial charge in [-0.25, -0.2) is 4.98 Å². The molecule has 0 spiro atoms. The van der Waals surface area contributed by atoms with E-state index in [1.807, 2.05) is 0 Å². The van der Waals surface area contributed by atoms with Crippen molar-refractivity contribution < 1.29 is 9.47 Å². The third-order valence-electron chi connectivity index (χ3n) is 2.09. The molecule has 5 nitrogen and oxygen atoms in total. The van der Waals surface area contributed by atoms with E-state index in [9.17, 15) is 0 Å². The lowest BCUT2D eigenvalue weighted by atomic mass is 10.3. The lowest BCUT2D eigenvalue weighted by molar-refractivity contribution is 0.0705. The summed E-state index contributed by atoms with van der Waals surface area (Å²) in [4.78, 5) is 4.11. The highest BCUT2D eigenvalue weighted by molar-refractivity contribution is 5.42. The molecular formula is C12H17N3O2. The summed E-state index contributed by atoms with van der Waals surface area (Å²) >= 11 is 0. The van der Waals surface area contributed by atoms with E-state index < -0.39 is 0 Å². The maximum atomic E-state index is 8.72. The van der Waals surface area contributed by atoms with Crippen LogP contribution in [0.5, 0.6) is 0 Å². The Morgan fingerprint density at radius 2 is 2.29 bits per heavy atom. The predicted molar refractivity (Wildman–Crippen MR) is 64.8 cm³/mol. The number of hydrogen-bond donors (Lipinski definition) is 1. The van der Waals surface area contributed by atoms with Gasteiger partial charge in [0, 0.05) is 26.5 Å².